The Morgan fingerprint density at radius 1 is 1.33 bits per heavy atom. The van der Waals surface area contributed by atoms with Gasteiger partial charge >= 0.3 is 0 Å². The largest absolute Gasteiger partial charge is 0.398 e. The van der Waals surface area contributed by atoms with Crippen LogP contribution in [-0.4, -0.2) is 17.8 Å². The number of nitrogens with zero attached hydrogens (tertiary/aromatic N) is 1. The Bertz CT molecular complexity index is 422. The lowest BCUT2D eigenvalue weighted by Gasteiger charge is -2.10. The number of pyridine rings is 1. The van der Waals surface area contributed by atoms with Gasteiger partial charge in [0.1, 0.15) is 0 Å². The molecule has 1 saturated carbocycles. The fourth-order valence-electron chi connectivity index (χ4n) is 2.49. The van der Waals surface area contributed by atoms with Gasteiger partial charge in [-0.3, -0.25) is 4.79 Å². The zero-order valence-electron chi connectivity index (χ0n) is 10.8. The number of ether oxygens (including phenoxy) is 1. The average Bonchev–Trinajstić information content (AvgIpc) is 2.86. The van der Waals surface area contributed by atoms with Gasteiger partial charge in [-0.05, 0) is 31.2 Å². The summed E-state index contributed by atoms with van der Waals surface area (Å²) in [5, 5.41) is 0. The van der Waals surface area contributed by atoms with E-state index in [1.807, 2.05) is 0 Å². The van der Waals surface area contributed by atoms with Crippen molar-refractivity contribution >= 4 is 5.69 Å². The molecule has 0 radical (unpaired) electrons. The second-order valence-corrected chi connectivity index (χ2v) is 5.07. The van der Waals surface area contributed by atoms with Gasteiger partial charge < -0.3 is 15.0 Å². The summed E-state index contributed by atoms with van der Waals surface area (Å²) in [6.07, 6.45) is 7.89. The van der Waals surface area contributed by atoms with Crippen molar-refractivity contribution in [3.8, 4) is 0 Å². The highest BCUT2D eigenvalue weighted by Gasteiger charge is 2.14. The Morgan fingerprint density at radius 2 is 2.11 bits per heavy atom. The molecule has 0 aliphatic heterocycles. The molecule has 1 heterocycles. The van der Waals surface area contributed by atoms with E-state index >= 15 is 0 Å². The third-order valence-electron chi connectivity index (χ3n) is 3.52. The molecule has 0 aromatic carbocycles. The Kier molecular flexibility index (Phi) is 4.81. The molecule has 1 aromatic heterocycles. The number of aromatic nitrogens is 1. The number of nitrogen functional groups attached to an aromatic ring is 1. The van der Waals surface area contributed by atoms with E-state index in [0.29, 0.717) is 12.2 Å². The number of hydrogen-bond donors (Lipinski definition) is 1. The van der Waals surface area contributed by atoms with E-state index in [9.17, 15) is 4.79 Å². The minimum absolute atomic E-state index is 0.00000656. The normalized spacial score (nSPS) is 16.2. The molecule has 1 aromatic rings. The van der Waals surface area contributed by atoms with E-state index in [-0.39, 0.29) is 5.56 Å². The molecule has 0 spiro atoms. The van der Waals surface area contributed by atoms with Crippen LogP contribution < -0.4 is 11.3 Å². The van der Waals surface area contributed by atoms with Crippen LogP contribution in [0.5, 0.6) is 0 Å². The molecule has 2 N–H and O–H groups in total. The summed E-state index contributed by atoms with van der Waals surface area (Å²) >= 11 is 0. The first-order valence-electron chi connectivity index (χ1n) is 6.79. The summed E-state index contributed by atoms with van der Waals surface area (Å²) in [5.41, 5.74) is 6.28. The first-order chi connectivity index (χ1) is 8.75. The highest BCUT2D eigenvalue weighted by molar-refractivity contribution is 5.33. The number of rotatable bonds is 6. The minimum atomic E-state index is -0.00000656. The van der Waals surface area contributed by atoms with Crippen molar-refractivity contribution in [2.45, 2.75) is 38.6 Å². The summed E-state index contributed by atoms with van der Waals surface area (Å²) < 4.78 is 7.31. The molecule has 0 unspecified atom stereocenters. The molecule has 4 nitrogen and oxygen atoms in total. The van der Waals surface area contributed by atoms with Crippen LogP contribution in [0.3, 0.4) is 0 Å². The van der Waals surface area contributed by atoms with Gasteiger partial charge in [0.25, 0.3) is 5.56 Å². The van der Waals surface area contributed by atoms with E-state index < -0.39 is 0 Å². The Balaban J connectivity index is 1.65. The molecule has 0 atom stereocenters. The lowest BCUT2D eigenvalue weighted by molar-refractivity contribution is 0.0968. The average molecular weight is 250 g/mol. The zero-order chi connectivity index (χ0) is 12.8. The van der Waals surface area contributed by atoms with Crippen LogP contribution >= 0.6 is 0 Å². The van der Waals surface area contributed by atoms with Gasteiger partial charge in [0.05, 0.1) is 0 Å². The van der Waals surface area contributed by atoms with Crippen molar-refractivity contribution in [1.82, 2.24) is 4.57 Å². The van der Waals surface area contributed by atoms with Crippen molar-refractivity contribution < 1.29 is 4.74 Å². The maximum absolute atomic E-state index is 11.5. The fourth-order valence-corrected chi connectivity index (χ4v) is 2.49. The SMILES string of the molecule is Nc1ccc(=O)n(CCCOCC2CCCC2)c1. The summed E-state index contributed by atoms with van der Waals surface area (Å²) in [4.78, 5) is 11.5. The highest BCUT2D eigenvalue weighted by atomic mass is 16.5. The van der Waals surface area contributed by atoms with Crippen molar-refractivity contribution in [1.29, 1.82) is 0 Å². The number of anilines is 1. The molecule has 2 rings (SSSR count). The van der Waals surface area contributed by atoms with Crippen molar-refractivity contribution in [3.63, 3.8) is 0 Å². The lowest BCUT2D eigenvalue weighted by Crippen LogP contribution is -2.20. The van der Waals surface area contributed by atoms with E-state index in [1.165, 1.54) is 31.7 Å². The maximum atomic E-state index is 11.5. The monoisotopic (exact) mass is 250 g/mol. The summed E-state index contributed by atoms with van der Waals surface area (Å²) in [6.45, 7) is 2.28. The molecule has 4 heteroatoms. The maximum Gasteiger partial charge on any atom is 0.250 e. The van der Waals surface area contributed by atoms with E-state index in [4.69, 9.17) is 10.5 Å². The Morgan fingerprint density at radius 3 is 2.89 bits per heavy atom. The summed E-state index contributed by atoms with van der Waals surface area (Å²) in [6, 6.07) is 3.14. The van der Waals surface area contributed by atoms with Crippen LogP contribution in [0.2, 0.25) is 0 Å². The molecular formula is C14H22N2O2. The van der Waals surface area contributed by atoms with Crippen LogP contribution in [0.4, 0.5) is 5.69 Å². The third kappa shape index (κ3) is 3.88. The summed E-state index contributed by atoms with van der Waals surface area (Å²) in [7, 11) is 0. The third-order valence-corrected chi connectivity index (χ3v) is 3.52. The molecule has 0 amide bonds. The second kappa shape index (κ2) is 6.59. The predicted molar refractivity (Wildman–Crippen MR) is 72.5 cm³/mol. The van der Waals surface area contributed by atoms with Crippen molar-refractivity contribution in [2.24, 2.45) is 5.92 Å². The van der Waals surface area contributed by atoms with Gasteiger partial charge in [-0.2, -0.15) is 0 Å². The lowest BCUT2D eigenvalue weighted by atomic mass is 10.1. The molecule has 1 aliphatic carbocycles. The first-order valence-corrected chi connectivity index (χ1v) is 6.79. The van der Waals surface area contributed by atoms with E-state index in [1.54, 1.807) is 16.8 Å². The zero-order valence-corrected chi connectivity index (χ0v) is 10.8. The number of aryl methyl sites for hydroxylation is 1. The molecule has 0 bridgehead atoms. The van der Waals surface area contributed by atoms with Crippen LogP contribution in [0.1, 0.15) is 32.1 Å². The molecule has 18 heavy (non-hydrogen) atoms. The van der Waals surface area contributed by atoms with Crippen LogP contribution in [0.25, 0.3) is 0 Å². The molecule has 1 aliphatic rings. The second-order valence-electron chi connectivity index (χ2n) is 5.07. The van der Waals surface area contributed by atoms with Crippen LogP contribution in [0.15, 0.2) is 23.1 Å². The fraction of sp³-hybridized carbons (Fsp3) is 0.643. The number of hydrogen-bond acceptors (Lipinski definition) is 3. The first kappa shape index (κ1) is 13.1. The molecule has 100 valence electrons. The Hall–Kier alpha value is -1.29. The van der Waals surface area contributed by atoms with Crippen molar-refractivity contribution in [3.05, 3.63) is 28.7 Å². The topological polar surface area (TPSA) is 57.2 Å². The van der Waals surface area contributed by atoms with E-state index in [2.05, 4.69) is 0 Å². The highest BCUT2D eigenvalue weighted by Crippen LogP contribution is 2.24. The van der Waals surface area contributed by atoms with Gasteiger partial charge in [-0.1, -0.05) is 12.8 Å². The van der Waals surface area contributed by atoms with Gasteiger partial charge in [0, 0.05) is 37.7 Å². The number of nitrogens with two attached hydrogens (primary N) is 1. The van der Waals surface area contributed by atoms with Crippen molar-refractivity contribution in [2.75, 3.05) is 18.9 Å². The standard InChI is InChI=1S/C14H22N2O2/c15-13-6-7-14(17)16(10-13)8-3-9-18-11-12-4-1-2-5-12/h6-7,10,12H,1-5,8-9,11,15H2. The van der Waals surface area contributed by atoms with E-state index in [0.717, 1.165) is 25.6 Å². The van der Waals surface area contributed by atoms with Gasteiger partial charge in [0.2, 0.25) is 0 Å². The van der Waals surface area contributed by atoms with Crippen LogP contribution in [-0.2, 0) is 11.3 Å². The Labute approximate surface area is 108 Å². The molecule has 0 saturated heterocycles. The van der Waals surface area contributed by atoms with Gasteiger partial charge in [-0.15, -0.1) is 0 Å². The molecular weight excluding hydrogens is 228 g/mol. The predicted octanol–water partition coefficient (Wildman–Crippen LogP) is 2.03. The molecule has 1 fully saturated rings. The van der Waals surface area contributed by atoms with Gasteiger partial charge in [0.15, 0.2) is 0 Å². The van der Waals surface area contributed by atoms with Gasteiger partial charge in [-0.25, -0.2) is 0 Å². The van der Waals surface area contributed by atoms with Crippen LogP contribution in [0, 0.1) is 5.92 Å². The summed E-state index contributed by atoms with van der Waals surface area (Å²) in [5.74, 6) is 0.764. The smallest absolute Gasteiger partial charge is 0.250 e. The quantitative estimate of drug-likeness (QED) is 0.786. The minimum Gasteiger partial charge on any atom is -0.398 e.